The Labute approximate surface area is 149 Å². The van der Waals surface area contributed by atoms with E-state index < -0.39 is 52.5 Å². The van der Waals surface area contributed by atoms with Gasteiger partial charge >= 0.3 is 0 Å². The standard InChI is InChI=1S/C12H23NO10S2/c1-3-12(2,18)4-7(13-23-25(19,20)21)24-11-10(17)9(16)8(15)6(5-14)22-11/h6,8-11,14-18H,3-5H2,1-2H3,(H,19,20,21)/p-1/b13-7+/t6-,8-,9+,10-,11+,12?/m1/s1. The lowest BCUT2D eigenvalue weighted by Gasteiger charge is -2.39. The topological polar surface area (TPSA) is 189 Å². The summed E-state index contributed by atoms with van der Waals surface area (Å²) in [6.45, 7) is 2.44. The summed E-state index contributed by atoms with van der Waals surface area (Å²) >= 11 is 0.589. The average Bonchev–Trinajstić information content (AvgIpc) is 2.52. The highest BCUT2D eigenvalue weighted by Gasteiger charge is 2.44. The number of rotatable bonds is 7. The minimum atomic E-state index is -5.14. The zero-order valence-electron chi connectivity index (χ0n) is 13.5. The van der Waals surface area contributed by atoms with Gasteiger partial charge in [-0.25, -0.2) is 0 Å². The summed E-state index contributed by atoms with van der Waals surface area (Å²) in [6.07, 6.45) is -5.96. The molecule has 1 unspecified atom stereocenters. The molecule has 0 saturated carbocycles. The van der Waals surface area contributed by atoms with Crippen molar-refractivity contribution in [2.75, 3.05) is 6.61 Å². The maximum Gasteiger partial charge on any atom is 0.284 e. The first-order valence-electron chi connectivity index (χ1n) is 7.31. The predicted molar refractivity (Wildman–Crippen MR) is 85.1 cm³/mol. The number of hydrogen-bond acceptors (Lipinski definition) is 12. The molecule has 1 aliphatic heterocycles. The highest BCUT2D eigenvalue weighted by atomic mass is 32.3. The molecule has 13 heteroatoms. The van der Waals surface area contributed by atoms with Crippen molar-refractivity contribution in [1.82, 2.24) is 0 Å². The van der Waals surface area contributed by atoms with Crippen LogP contribution in [0.1, 0.15) is 26.7 Å². The van der Waals surface area contributed by atoms with Crippen molar-refractivity contribution >= 4 is 27.2 Å². The first kappa shape index (κ1) is 22.5. The highest BCUT2D eigenvalue weighted by Crippen LogP contribution is 2.32. The largest absolute Gasteiger partial charge is 0.714 e. The van der Waals surface area contributed by atoms with Crippen molar-refractivity contribution in [3.63, 3.8) is 0 Å². The van der Waals surface area contributed by atoms with Crippen LogP contribution in [0.25, 0.3) is 0 Å². The number of aliphatic hydroxyl groups excluding tert-OH is 4. The predicted octanol–water partition coefficient (Wildman–Crippen LogP) is -2.14. The molecular formula is C12H22NO10S2-. The number of oxime groups is 1. The van der Waals surface area contributed by atoms with E-state index in [1.165, 1.54) is 6.92 Å². The van der Waals surface area contributed by atoms with Crippen molar-refractivity contribution in [1.29, 1.82) is 0 Å². The molecule has 0 aliphatic carbocycles. The second-order valence-electron chi connectivity index (χ2n) is 5.81. The van der Waals surface area contributed by atoms with Crippen molar-refractivity contribution in [2.45, 2.75) is 62.1 Å². The van der Waals surface area contributed by atoms with Gasteiger partial charge in [-0.1, -0.05) is 23.8 Å². The van der Waals surface area contributed by atoms with Crippen LogP contribution in [-0.4, -0.2) is 85.6 Å². The number of nitrogens with zero attached hydrogens (tertiary/aromatic N) is 1. The van der Waals surface area contributed by atoms with Gasteiger partial charge in [0.05, 0.1) is 12.2 Å². The van der Waals surface area contributed by atoms with E-state index in [4.69, 9.17) is 9.84 Å². The average molecular weight is 404 g/mol. The number of hydrogen-bond donors (Lipinski definition) is 5. The molecule has 0 aromatic carbocycles. The fraction of sp³-hybridized carbons (Fsp3) is 0.917. The Balaban J connectivity index is 2.99. The molecule has 1 fully saturated rings. The molecule has 0 radical (unpaired) electrons. The van der Waals surface area contributed by atoms with E-state index in [1.807, 2.05) is 0 Å². The first-order valence-corrected chi connectivity index (χ1v) is 9.52. The van der Waals surface area contributed by atoms with Crippen molar-refractivity contribution in [3.8, 4) is 0 Å². The lowest BCUT2D eigenvalue weighted by molar-refractivity contribution is -0.205. The zero-order chi connectivity index (χ0) is 19.4. The Morgan fingerprint density at radius 2 is 1.92 bits per heavy atom. The maximum atomic E-state index is 10.6. The molecule has 1 rings (SSSR count). The Morgan fingerprint density at radius 1 is 1.32 bits per heavy atom. The summed E-state index contributed by atoms with van der Waals surface area (Å²) in [7, 11) is -5.14. The van der Waals surface area contributed by atoms with Crippen molar-refractivity contribution in [2.24, 2.45) is 5.16 Å². The summed E-state index contributed by atoms with van der Waals surface area (Å²) in [5, 5.41) is 51.7. The third-order valence-corrected chi connectivity index (χ3v) is 5.00. The van der Waals surface area contributed by atoms with E-state index in [9.17, 15) is 33.4 Å². The first-order chi connectivity index (χ1) is 11.4. The van der Waals surface area contributed by atoms with Gasteiger partial charge in [0.2, 0.25) is 0 Å². The Bertz CT molecular complexity index is 564. The van der Waals surface area contributed by atoms with E-state index >= 15 is 0 Å². The van der Waals surface area contributed by atoms with Gasteiger partial charge in [-0.2, -0.15) is 8.42 Å². The third kappa shape index (κ3) is 6.96. The lowest BCUT2D eigenvalue weighted by atomic mass is 10.0. The molecule has 0 spiro atoms. The smallest absolute Gasteiger partial charge is 0.284 e. The summed E-state index contributed by atoms with van der Waals surface area (Å²) in [6, 6.07) is 0. The number of thioether (sulfide) groups is 1. The van der Waals surface area contributed by atoms with Crippen LogP contribution in [0.3, 0.4) is 0 Å². The SMILES string of the molecule is CCC(C)(O)C/C(=N\OS(=O)(=O)[O-])S[C@@H]1O[C@H](CO)[C@@H](O)[C@H](O)[C@H]1O. The van der Waals surface area contributed by atoms with Crippen LogP contribution in [0, 0.1) is 0 Å². The van der Waals surface area contributed by atoms with Crippen LogP contribution >= 0.6 is 11.8 Å². The minimum Gasteiger partial charge on any atom is -0.714 e. The van der Waals surface area contributed by atoms with Crippen molar-refractivity contribution < 1.29 is 47.5 Å². The van der Waals surface area contributed by atoms with E-state index in [1.54, 1.807) is 6.92 Å². The van der Waals surface area contributed by atoms with Gasteiger partial charge in [0.25, 0.3) is 10.4 Å². The molecule has 1 saturated heterocycles. The van der Waals surface area contributed by atoms with Crippen LogP contribution in [0.15, 0.2) is 5.16 Å². The van der Waals surface area contributed by atoms with E-state index in [2.05, 4.69) is 9.44 Å². The molecule has 0 amide bonds. The van der Waals surface area contributed by atoms with Crippen LogP contribution in [-0.2, 0) is 19.4 Å². The van der Waals surface area contributed by atoms with Gasteiger partial charge in [0.15, 0.2) is 0 Å². The van der Waals surface area contributed by atoms with E-state index in [0.29, 0.717) is 11.8 Å². The molecule has 25 heavy (non-hydrogen) atoms. The number of ether oxygens (including phenoxy) is 1. The van der Waals surface area contributed by atoms with Crippen LogP contribution in [0.4, 0.5) is 0 Å². The quantitative estimate of drug-likeness (QED) is 0.102. The summed E-state index contributed by atoms with van der Waals surface area (Å²) in [5.74, 6) is 0. The van der Waals surface area contributed by atoms with Gasteiger partial charge < -0.3 is 34.8 Å². The Morgan fingerprint density at radius 3 is 2.40 bits per heavy atom. The molecular weight excluding hydrogens is 382 g/mol. The molecule has 0 aromatic rings. The van der Waals surface area contributed by atoms with Crippen LogP contribution in [0.2, 0.25) is 0 Å². The normalized spacial score (nSPS) is 33.8. The van der Waals surface area contributed by atoms with Gasteiger partial charge in [-0.3, -0.25) is 4.28 Å². The lowest BCUT2D eigenvalue weighted by Crippen LogP contribution is -2.57. The molecule has 1 heterocycles. The second kappa shape index (κ2) is 8.92. The monoisotopic (exact) mass is 404 g/mol. The van der Waals surface area contributed by atoms with Gasteiger partial charge in [0, 0.05) is 6.42 Å². The molecule has 0 bridgehead atoms. The van der Waals surface area contributed by atoms with E-state index in [-0.39, 0.29) is 17.9 Å². The third-order valence-electron chi connectivity index (χ3n) is 3.62. The molecule has 5 N–H and O–H groups in total. The summed E-state index contributed by atoms with van der Waals surface area (Å²) in [5.41, 5.74) is -2.59. The zero-order valence-corrected chi connectivity index (χ0v) is 15.2. The fourth-order valence-corrected chi connectivity index (χ4v) is 3.40. The molecule has 11 nitrogen and oxygen atoms in total. The fourth-order valence-electron chi connectivity index (χ4n) is 1.93. The summed E-state index contributed by atoms with van der Waals surface area (Å²) < 4.78 is 40.8. The Hall–Kier alpha value is -0.510. The highest BCUT2D eigenvalue weighted by molar-refractivity contribution is 8.14. The molecule has 1 aliphatic rings. The number of aliphatic hydroxyl groups is 5. The molecule has 0 aromatic heterocycles. The summed E-state index contributed by atoms with van der Waals surface area (Å²) in [4.78, 5) is 0. The van der Waals surface area contributed by atoms with Gasteiger partial charge in [-0.15, -0.1) is 0 Å². The van der Waals surface area contributed by atoms with Crippen molar-refractivity contribution in [3.05, 3.63) is 0 Å². The minimum absolute atomic E-state index is 0.199. The molecule has 148 valence electrons. The Kier molecular flexibility index (Phi) is 8.04. The molecule has 6 atom stereocenters. The van der Waals surface area contributed by atoms with E-state index in [0.717, 1.165) is 0 Å². The van der Waals surface area contributed by atoms with Gasteiger partial charge in [-0.05, 0) is 13.3 Å². The second-order valence-corrected chi connectivity index (χ2v) is 7.95. The van der Waals surface area contributed by atoms with Crippen LogP contribution < -0.4 is 0 Å². The maximum absolute atomic E-state index is 10.6. The van der Waals surface area contributed by atoms with Crippen LogP contribution in [0.5, 0.6) is 0 Å². The van der Waals surface area contributed by atoms with Gasteiger partial charge in [0.1, 0.15) is 34.9 Å².